The fourth-order valence-electron chi connectivity index (χ4n) is 1.76. The lowest BCUT2D eigenvalue weighted by molar-refractivity contribution is -0.128. The van der Waals surface area contributed by atoms with Gasteiger partial charge >= 0.3 is 0 Å². The van der Waals surface area contributed by atoms with Gasteiger partial charge in [-0.3, -0.25) is 19.8 Å². The molecule has 0 spiro atoms. The van der Waals surface area contributed by atoms with Crippen LogP contribution >= 0.6 is 28.1 Å². The average molecular weight is 369 g/mol. The monoisotopic (exact) mass is 368 g/mol. The second-order valence-corrected chi connectivity index (χ2v) is 5.49. The molecule has 1 N–H and O–H groups in total. The molecule has 0 atom stereocenters. The Balaban J connectivity index is 2.42. The molecule has 1 aromatic carbocycles. The SMILES string of the molecule is C=CCN1C(=O)C(=Cc2ccc(Br)cc2F)C(=O)NC1=S. The van der Waals surface area contributed by atoms with Crippen molar-refractivity contribution in [2.75, 3.05) is 6.54 Å². The molecule has 1 aliphatic heterocycles. The highest BCUT2D eigenvalue weighted by molar-refractivity contribution is 9.10. The number of nitrogens with one attached hydrogen (secondary N) is 1. The summed E-state index contributed by atoms with van der Waals surface area (Å²) in [5.41, 5.74) is -0.0326. The Morgan fingerprint density at radius 1 is 1.43 bits per heavy atom. The number of benzene rings is 1. The van der Waals surface area contributed by atoms with Crippen LogP contribution in [0.15, 0.2) is 40.9 Å². The third kappa shape index (κ3) is 3.25. The quantitative estimate of drug-likeness (QED) is 0.385. The van der Waals surface area contributed by atoms with E-state index in [9.17, 15) is 14.0 Å². The number of hydrogen-bond acceptors (Lipinski definition) is 3. The van der Waals surface area contributed by atoms with Crippen molar-refractivity contribution >= 4 is 51.2 Å². The predicted octanol–water partition coefficient (Wildman–Crippen LogP) is 2.40. The Morgan fingerprint density at radius 2 is 2.14 bits per heavy atom. The third-order valence-corrected chi connectivity index (χ3v) is 3.58. The van der Waals surface area contributed by atoms with Crippen LogP contribution in [-0.4, -0.2) is 28.4 Å². The van der Waals surface area contributed by atoms with Crippen molar-refractivity contribution in [1.29, 1.82) is 0 Å². The minimum Gasteiger partial charge on any atom is -0.298 e. The predicted molar refractivity (Wildman–Crippen MR) is 84.7 cm³/mol. The van der Waals surface area contributed by atoms with Crippen LogP contribution < -0.4 is 5.32 Å². The normalized spacial score (nSPS) is 17.1. The molecule has 2 rings (SSSR count). The Kier molecular flexibility index (Phi) is 4.64. The van der Waals surface area contributed by atoms with Crippen LogP contribution in [-0.2, 0) is 9.59 Å². The van der Waals surface area contributed by atoms with E-state index >= 15 is 0 Å². The number of hydrogen-bond donors (Lipinski definition) is 1. The summed E-state index contributed by atoms with van der Waals surface area (Å²) in [7, 11) is 0. The van der Waals surface area contributed by atoms with E-state index in [1.165, 1.54) is 29.2 Å². The van der Waals surface area contributed by atoms with Crippen molar-refractivity contribution in [1.82, 2.24) is 10.2 Å². The van der Waals surface area contributed by atoms with Crippen molar-refractivity contribution in [3.05, 3.63) is 52.3 Å². The molecule has 0 aliphatic carbocycles. The van der Waals surface area contributed by atoms with Crippen LogP contribution in [0, 0.1) is 5.82 Å². The number of nitrogens with zero attached hydrogens (tertiary/aromatic N) is 1. The summed E-state index contributed by atoms with van der Waals surface area (Å²) in [5.74, 6) is -1.76. The first-order chi connectivity index (χ1) is 9.93. The van der Waals surface area contributed by atoms with Gasteiger partial charge in [0, 0.05) is 16.6 Å². The summed E-state index contributed by atoms with van der Waals surface area (Å²) in [6, 6.07) is 4.34. The highest BCUT2D eigenvalue weighted by atomic mass is 79.9. The van der Waals surface area contributed by atoms with Crippen LogP contribution in [0.1, 0.15) is 5.56 Å². The van der Waals surface area contributed by atoms with Crippen LogP contribution in [0.5, 0.6) is 0 Å². The maximum atomic E-state index is 13.8. The molecule has 0 bridgehead atoms. The summed E-state index contributed by atoms with van der Waals surface area (Å²) in [4.78, 5) is 25.3. The van der Waals surface area contributed by atoms with E-state index in [1.54, 1.807) is 6.07 Å². The number of thiocarbonyl (C=S) groups is 1. The lowest BCUT2D eigenvalue weighted by Gasteiger charge is -2.27. The zero-order valence-electron chi connectivity index (χ0n) is 10.7. The largest absolute Gasteiger partial charge is 0.298 e. The lowest BCUT2D eigenvalue weighted by atomic mass is 10.1. The number of carbonyl (C=O) groups excluding carboxylic acids is 2. The minimum absolute atomic E-state index is 0.0123. The molecule has 7 heteroatoms. The van der Waals surface area contributed by atoms with Gasteiger partial charge in [0.1, 0.15) is 11.4 Å². The minimum atomic E-state index is -0.646. The molecule has 108 valence electrons. The van der Waals surface area contributed by atoms with Crippen LogP contribution in [0.2, 0.25) is 0 Å². The standard InChI is InChI=1S/C14H10BrFN2O2S/c1-2-5-18-13(20)10(12(19)17-14(18)21)6-8-3-4-9(15)7-11(8)16/h2-4,6-7H,1,5H2,(H,17,19,21). The molecule has 0 saturated carbocycles. The van der Waals surface area contributed by atoms with Gasteiger partial charge in [0.15, 0.2) is 5.11 Å². The van der Waals surface area contributed by atoms with Crippen molar-refractivity contribution in [2.24, 2.45) is 0 Å². The third-order valence-electron chi connectivity index (χ3n) is 2.76. The smallest absolute Gasteiger partial charge is 0.265 e. The van der Waals surface area contributed by atoms with Crippen molar-refractivity contribution in [2.45, 2.75) is 0 Å². The van der Waals surface area contributed by atoms with Gasteiger partial charge in [0.05, 0.1) is 0 Å². The highest BCUT2D eigenvalue weighted by Gasteiger charge is 2.32. The van der Waals surface area contributed by atoms with Gasteiger partial charge in [0.25, 0.3) is 11.8 Å². The molecule has 2 amide bonds. The molecule has 0 unspecified atom stereocenters. The van der Waals surface area contributed by atoms with E-state index in [0.29, 0.717) is 4.47 Å². The molecule has 1 fully saturated rings. The summed E-state index contributed by atoms with van der Waals surface area (Å²) < 4.78 is 14.4. The molecule has 1 saturated heterocycles. The van der Waals surface area contributed by atoms with E-state index in [0.717, 1.165) is 0 Å². The fraction of sp³-hybridized carbons (Fsp3) is 0.0714. The Hall–Kier alpha value is -1.86. The molecule has 1 aliphatic rings. The number of carbonyl (C=O) groups is 2. The number of amides is 2. The van der Waals surface area contributed by atoms with Gasteiger partial charge < -0.3 is 0 Å². The molecule has 0 aromatic heterocycles. The van der Waals surface area contributed by atoms with E-state index < -0.39 is 17.6 Å². The molecule has 1 aromatic rings. The fourth-order valence-corrected chi connectivity index (χ4v) is 2.35. The van der Waals surface area contributed by atoms with Crippen LogP contribution in [0.25, 0.3) is 6.08 Å². The zero-order valence-corrected chi connectivity index (χ0v) is 13.1. The Morgan fingerprint density at radius 3 is 2.76 bits per heavy atom. The second kappa shape index (κ2) is 6.28. The molecular formula is C14H10BrFN2O2S. The van der Waals surface area contributed by atoms with Gasteiger partial charge in [0.2, 0.25) is 0 Å². The first-order valence-corrected chi connectivity index (χ1v) is 7.09. The molecule has 4 nitrogen and oxygen atoms in total. The topological polar surface area (TPSA) is 49.4 Å². The van der Waals surface area contributed by atoms with E-state index in [2.05, 4.69) is 27.8 Å². The van der Waals surface area contributed by atoms with Crippen molar-refractivity contribution in [3.8, 4) is 0 Å². The number of halogens is 2. The first-order valence-electron chi connectivity index (χ1n) is 5.89. The maximum absolute atomic E-state index is 13.8. The van der Waals surface area contributed by atoms with Crippen molar-refractivity contribution < 1.29 is 14.0 Å². The molecular weight excluding hydrogens is 359 g/mol. The summed E-state index contributed by atoms with van der Waals surface area (Å²) >= 11 is 8.06. The average Bonchev–Trinajstić information content (AvgIpc) is 2.41. The van der Waals surface area contributed by atoms with E-state index in [4.69, 9.17) is 12.2 Å². The molecule has 0 radical (unpaired) electrons. The first kappa shape index (κ1) is 15.5. The zero-order chi connectivity index (χ0) is 15.6. The van der Waals surface area contributed by atoms with Gasteiger partial charge in [-0.2, -0.15) is 0 Å². The lowest BCUT2D eigenvalue weighted by Crippen LogP contribution is -2.53. The van der Waals surface area contributed by atoms with Gasteiger partial charge in [-0.15, -0.1) is 6.58 Å². The van der Waals surface area contributed by atoms with Crippen LogP contribution in [0.4, 0.5) is 4.39 Å². The van der Waals surface area contributed by atoms with E-state index in [1.807, 2.05) is 0 Å². The Bertz CT molecular complexity index is 688. The van der Waals surface area contributed by atoms with Crippen LogP contribution in [0.3, 0.4) is 0 Å². The highest BCUT2D eigenvalue weighted by Crippen LogP contribution is 2.20. The number of rotatable bonds is 3. The Labute approximate surface area is 134 Å². The summed E-state index contributed by atoms with van der Waals surface area (Å²) in [6.45, 7) is 3.69. The van der Waals surface area contributed by atoms with Gasteiger partial charge in [-0.25, -0.2) is 4.39 Å². The molecule has 21 heavy (non-hydrogen) atoms. The summed E-state index contributed by atoms with van der Waals surface area (Å²) in [6.07, 6.45) is 2.69. The van der Waals surface area contributed by atoms with E-state index in [-0.39, 0.29) is 22.8 Å². The van der Waals surface area contributed by atoms with Gasteiger partial charge in [-0.05, 0) is 30.4 Å². The molecule has 1 heterocycles. The van der Waals surface area contributed by atoms with Gasteiger partial charge in [-0.1, -0.05) is 28.1 Å². The maximum Gasteiger partial charge on any atom is 0.265 e. The summed E-state index contributed by atoms with van der Waals surface area (Å²) in [5, 5.41) is 2.41. The second-order valence-electron chi connectivity index (χ2n) is 4.19. The van der Waals surface area contributed by atoms with Crippen molar-refractivity contribution in [3.63, 3.8) is 0 Å².